The van der Waals surface area contributed by atoms with E-state index in [-0.39, 0.29) is 6.04 Å². The third-order valence-electron chi connectivity index (χ3n) is 3.01. The van der Waals surface area contributed by atoms with Crippen molar-refractivity contribution >= 4 is 11.3 Å². The molecule has 1 aromatic heterocycles. The first-order chi connectivity index (χ1) is 8.69. The topological polar surface area (TPSA) is 44.5 Å². The van der Waals surface area contributed by atoms with E-state index in [0.717, 1.165) is 22.6 Å². The van der Waals surface area contributed by atoms with Gasteiger partial charge in [0.15, 0.2) is 0 Å². The number of aryl methyl sites for hydroxylation is 1. The summed E-state index contributed by atoms with van der Waals surface area (Å²) < 4.78 is 10.8. The van der Waals surface area contributed by atoms with E-state index in [1.165, 1.54) is 5.56 Å². The second-order valence-corrected chi connectivity index (χ2v) is 4.81. The third-order valence-corrected chi connectivity index (χ3v) is 3.89. The maximum atomic E-state index is 6.36. The van der Waals surface area contributed by atoms with E-state index < -0.39 is 0 Å². The number of nitrogens with two attached hydrogens (primary N) is 1. The molecule has 1 heterocycles. The van der Waals surface area contributed by atoms with Crippen LogP contribution in [0.2, 0.25) is 0 Å². The number of thiophene rings is 1. The van der Waals surface area contributed by atoms with Crippen LogP contribution in [0.15, 0.2) is 29.0 Å². The molecule has 0 aliphatic rings. The van der Waals surface area contributed by atoms with E-state index >= 15 is 0 Å². The van der Waals surface area contributed by atoms with Crippen LogP contribution in [0.1, 0.15) is 22.7 Å². The fraction of sp³-hybridized carbons (Fsp3) is 0.286. The molecule has 0 spiro atoms. The molecular formula is C14H17NO2S. The van der Waals surface area contributed by atoms with Gasteiger partial charge in [-0.25, -0.2) is 0 Å². The number of methoxy groups -OCH3 is 2. The van der Waals surface area contributed by atoms with Crippen molar-refractivity contribution in [2.45, 2.75) is 13.0 Å². The summed E-state index contributed by atoms with van der Waals surface area (Å²) in [6, 6.07) is 5.47. The van der Waals surface area contributed by atoms with Crippen molar-refractivity contribution in [2.24, 2.45) is 5.73 Å². The molecule has 1 aromatic carbocycles. The maximum Gasteiger partial charge on any atom is 0.127 e. The lowest BCUT2D eigenvalue weighted by Gasteiger charge is -2.19. The third kappa shape index (κ3) is 2.21. The van der Waals surface area contributed by atoms with Gasteiger partial charge in [0.1, 0.15) is 11.5 Å². The van der Waals surface area contributed by atoms with Crippen LogP contribution in [0.3, 0.4) is 0 Å². The first-order valence-corrected chi connectivity index (χ1v) is 6.62. The Morgan fingerprint density at radius 1 is 1.11 bits per heavy atom. The number of rotatable bonds is 4. The highest BCUT2D eigenvalue weighted by molar-refractivity contribution is 7.08. The normalized spacial score (nSPS) is 12.2. The molecular weight excluding hydrogens is 246 g/mol. The zero-order chi connectivity index (χ0) is 13.1. The highest BCUT2D eigenvalue weighted by Crippen LogP contribution is 2.37. The molecule has 2 rings (SSSR count). The fourth-order valence-corrected chi connectivity index (χ4v) is 2.92. The van der Waals surface area contributed by atoms with Gasteiger partial charge in [0.2, 0.25) is 0 Å². The van der Waals surface area contributed by atoms with Crippen molar-refractivity contribution in [1.29, 1.82) is 0 Å². The first kappa shape index (κ1) is 12.9. The van der Waals surface area contributed by atoms with E-state index in [4.69, 9.17) is 15.2 Å². The Hall–Kier alpha value is -1.52. The summed E-state index contributed by atoms with van der Waals surface area (Å²) in [6.07, 6.45) is 0. The molecule has 0 radical (unpaired) electrons. The second-order valence-electron chi connectivity index (χ2n) is 4.06. The van der Waals surface area contributed by atoms with Crippen LogP contribution in [0, 0.1) is 6.92 Å². The monoisotopic (exact) mass is 263 g/mol. The Kier molecular flexibility index (Phi) is 3.89. The Balaban J connectivity index is 2.52. The molecule has 96 valence electrons. The molecule has 3 nitrogen and oxygen atoms in total. The lowest BCUT2D eigenvalue weighted by atomic mass is 9.97. The van der Waals surface area contributed by atoms with Crippen LogP contribution in [-0.2, 0) is 0 Å². The van der Waals surface area contributed by atoms with Gasteiger partial charge in [-0.3, -0.25) is 0 Å². The molecule has 2 aromatic rings. The Bertz CT molecular complexity index is 514. The molecule has 0 aliphatic carbocycles. The van der Waals surface area contributed by atoms with Gasteiger partial charge in [-0.05, 0) is 40.9 Å². The van der Waals surface area contributed by atoms with Gasteiger partial charge in [-0.15, -0.1) is 0 Å². The predicted molar refractivity (Wildman–Crippen MR) is 74.6 cm³/mol. The summed E-state index contributed by atoms with van der Waals surface area (Å²) in [5, 5.41) is 4.17. The Morgan fingerprint density at radius 2 is 1.72 bits per heavy atom. The minimum atomic E-state index is -0.234. The summed E-state index contributed by atoms with van der Waals surface area (Å²) >= 11 is 1.65. The van der Waals surface area contributed by atoms with E-state index in [0.29, 0.717) is 0 Å². The molecule has 18 heavy (non-hydrogen) atoms. The molecule has 4 heteroatoms. The molecule has 0 fully saturated rings. The van der Waals surface area contributed by atoms with E-state index in [1.54, 1.807) is 25.6 Å². The molecule has 0 aliphatic heterocycles. The van der Waals surface area contributed by atoms with Crippen molar-refractivity contribution in [3.8, 4) is 11.5 Å². The zero-order valence-electron chi connectivity index (χ0n) is 10.8. The standard InChI is InChI=1S/C14H17NO2S/c1-9-7-18-8-10(9)14(15)13-11(16-2)5-4-6-12(13)17-3/h4-8,14H,15H2,1-3H3. The lowest BCUT2D eigenvalue weighted by Crippen LogP contribution is -2.14. The predicted octanol–water partition coefficient (Wildman–Crippen LogP) is 3.12. The summed E-state index contributed by atoms with van der Waals surface area (Å²) in [7, 11) is 3.29. The van der Waals surface area contributed by atoms with Crippen LogP contribution in [0.5, 0.6) is 11.5 Å². The summed E-state index contributed by atoms with van der Waals surface area (Å²) in [5.41, 5.74) is 9.56. The minimum Gasteiger partial charge on any atom is -0.496 e. The minimum absolute atomic E-state index is 0.234. The van der Waals surface area contributed by atoms with Crippen LogP contribution in [0.4, 0.5) is 0 Å². The molecule has 0 bridgehead atoms. The summed E-state index contributed by atoms with van der Waals surface area (Å²) in [5.74, 6) is 1.51. The quantitative estimate of drug-likeness (QED) is 0.921. The maximum absolute atomic E-state index is 6.36. The van der Waals surface area contributed by atoms with Crippen molar-refractivity contribution in [1.82, 2.24) is 0 Å². The van der Waals surface area contributed by atoms with Gasteiger partial charge >= 0.3 is 0 Å². The van der Waals surface area contributed by atoms with Crippen molar-refractivity contribution in [2.75, 3.05) is 14.2 Å². The molecule has 0 saturated carbocycles. The first-order valence-electron chi connectivity index (χ1n) is 5.68. The summed E-state index contributed by atoms with van der Waals surface area (Å²) in [4.78, 5) is 0. The van der Waals surface area contributed by atoms with Gasteiger partial charge in [0.25, 0.3) is 0 Å². The number of hydrogen-bond donors (Lipinski definition) is 1. The Morgan fingerprint density at radius 3 is 2.17 bits per heavy atom. The Labute approximate surface area is 111 Å². The zero-order valence-corrected chi connectivity index (χ0v) is 11.6. The molecule has 1 atom stereocenters. The molecule has 0 amide bonds. The van der Waals surface area contributed by atoms with Crippen LogP contribution < -0.4 is 15.2 Å². The van der Waals surface area contributed by atoms with E-state index in [9.17, 15) is 0 Å². The number of hydrogen-bond acceptors (Lipinski definition) is 4. The average molecular weight is 263 g/mol. The SMILES string of the molecule is COc1cccc(OC)c1C(N)c1cscc1C. The second kappa shape index (κ2) is 5.42. The molecule has 2 N–H and O–H groups in total. The largest absolute Gasteiger partial charge is 0.496 e. The smallest absolute Gasteiger partial charge is 0.127 e. The van der Waals surface area contributed by atoms with Crippen molar-refractivity contribution < 1.29 is 9.47 Å². The van der Waals surface area contributed by atoms with Gasteiger partial charge < -0.3 is 15.2 Å². The van der Waals surface area contributed by atoms with E-state index in [2.05, 4.69) is 17.7 Å². The fourth-order valence-electron chi connectivity index (χ4n) is 2.03. The highest BCUT2D eigenvalue weighted by Gasteiger charge is 2.20. The molecule has 1 unspecified atom stereocenters. The van der Waals surface area contributed by atoms with E-state index in [1.807, 2.05) is 18.2 Å². The molecule has 0 saturated heterocycles. The van der Waals surface area contributed by atoms with Crippen molar-refractivity contribution in [3.63, 3.8) is 0 Å². The van der Waals surface area contributed by atoms with Crippen LogP contribution in [0.25, 0.3) is 0 Å². The van der Waals surface area contributed by atoms with Crippen LogP contribution in [-0.4, -0.2) is 14.2 Å². The summed E-state index contributed by atoms with van der Waals surface area (Å²) in [6.45, 7) is 2.06. The van der Waals surface area contributed by atoms with Crippen molar-refractivity contribution in [3.05, 3.63) is 45.6 Å². The van der Waals surface area contributed by atoms with Gasteiger partial charge in [-0.2, -0.15) is 11.3 Å². The van der Waals surface area contributed by atoms with Gasteiger partial charge in [0.05, 0.1) is 25.8 Å². The lowest BCUT2D eigenvalue weighted by molar-refractivity contribution is 0.382. The number of ether oxygens (including phenoxy) is 2. The highest BCUT2D eigenvalue weighted by atomic mass is 32.1. The van der Waals surface area contributed by atoms with Gasteiger partial charge in [-0.1, -0.05) is 6.07 Å². The number of benzene rings is 1. The van der Waals surface area contributed by atoms with Gasteiger partial charge in [0, 0.05) is 0 Å². The average Bonchev–Trinajstić information content (AvgIpc) is 2.83. The van der Waals surface area contributed by atoms with Crippen LogP contribution >= 0.6 is 11.3 Å².